The fourth-order valence-electron chi connectivity index (χ4n) is 3.29. The lowest BCUT2D eigenvalue weighted by Crippen LogP contribution is -2.50. The van der Waals surface area contributed by atoms with Crippen LogP contribution in [0.2, 0.25) is 0 Å². The molecular weight excluding hydrogens is 446 g/mol. The average molecular weight is 478 g/mol. The first kappa shape index (κ1) is 26.0. The lowest BCUT2D eigenvalue weighted by Gasteiger charge is -2.31. The van der Waals surface area contributed by atoms with Crippen molar-refractivity contribution in [3.8, 4) is 11.5 Å². The molecule has 0 aliphatic rings. The van der Waals surface area contributed by atoms with Crippen molar-refractivity contribution in [1.82, 2.24) is 10.2 Å². The zero-order valence-electron chi connectivity index (χ0n) is 19.6. The Morgan fingerprint density at radius 3 is 2.42 bits per heavy atom. The Bertz CT molecular complexity index is 1070. The number of nitrogens with one attached hydrogen (secondary N) is 1. The van der Waals surface area contributed by atoms with Crippen LogP contribution in [-0.4, -0.2) is 64.7 Å². The molecule has 2 aromatic carbocycles. The Hall–Kier alpha value is -3.27. The minimum atomic E-state index is -3.84. The van der Waals surface area contributed by atoms with Gasteiger partial charge in [-0.2, -0.15) is 0 Å². The first-order chi connectivity index (χ1) is 15.6. The summed E-state index contributed by atoms with van der Waals surface area (Å²) in [5.41, 5.74) is 0.989. The second-order valence-electron chi connectivity index (χ2n) is 7.33. The molecule has 0 aromatic heterocycles. The van der Waals surface area contributed by atoms with E-state index in [0.29, 0.717) is 18.1 Å². The molecule has 180 valence electrons. The zero-order chi connectivity index (χ0) is 24.6. The Labute approximate surface area is 195 Å². The molecule has 0 saturated heterocycles. The number of para-hydroxylation sites is 2. The third-order valence-corrected chi connectivity index (χ3v) is 6.14. The number of likely N-dealkylation sites (N-methyl/N-ethyl adjacent to an activating group) is 1. The summed E-state index contributed by atoms with van der Waals surface area (Å²) < 4.78 is 37.1. The Morgan fingerprint density at radius 2 is 1.82 bits per heavy atom. The van der Waals surface area contributed by atoms with Crippen molar-refractivity contribution in [3.05, 3.63) is 54.1 Å². The number of rotatable bonds is 11. The molecule has 0 bridgehead atoms. The molecule has 2 rings (SSSR count). The molecule has 10 heteroatoms. The van der Waals surface area contributed by atoms with Gasteiger partial charge in [0.15, 0.2) is 0 Å². The number of ether oxygens (including phenoxy) is 2. The smallest absolute Gasteiger partial charge is 0.244 e. The summed E-state index contributed by atoms with van der Waals surface area (Å²) in [6.45, 7) is 3.31. The van der Waals surface area contributed by atoms with Gasteiger partial charge in [0.1, 0.15) is 24.1 Å². The Morgan fingerprint density at radius 1 is 1.12 bits per heavy atom. The minimum absolute atomic E-state index is 0.0926. The molecule has 0 fully saturated rings. The maximum absolute atomic E-state index is 13.4. The predicted molar refractivity (Wildman–Crippen MR) is 127 cm³/mol. The number of methoxy groups -OCH3 is 1. The summed E-state index contributed by atoms with van der Waals surface area (Å²) in [4.78, 5) is 27.2. The van der Waals surface area contributed by atoms with Gasteiger partial charge in [-0.15, -0.1) is 0 Å². The highest BCUT2D eigenvalue weighted by Gasteiger charge is 2.30. The highest BCUT2D eigenvalue weighted by molar-refractivity contribution is 7.92. The van der Waals surface area contributed by atoms with Crippen LogP contribution in [-0.2, 0) is 26.2 Å². The van der Waals surface area contributed by atoms with Crippen LogP contribution in [0, 0.1) is 0 Å². The highest BCUT2D eigenvalue weighted by atomic mass is 32.2. The fourth-order valence-corrected chi connectivity index (χ4v) is 4.15. The molecule has 1 unspecified atom stereocenters. The third-order valence-electron chi connectivity index (χ3n) is 5.01. The van der Waals surface area contributed by atoms with Gasteiger partial charge in [0.05, 0.1) is 25.7 Å². The van der Waals surface area contributed by atoms with Crippen molar-refractivity contribution < 1.29 is 27.5 Å². The van der Waals surface area contributed by atoms with Gasteiger partial charge in [-0.25, -0.2) is 8.42 Å². The second-order valence-corrected chi connectivity index (χ2v) is 9.24. The first-order valence-corrected chi connectivity index (χ1v) is 12.3. The monoisotopic (exact) mass is 477 g/mol. The number of nitrogens with zero attached hydrogens (tertiary/aromatic N) is 2. The van der Waals surface area contributed by atoms with Crippen LogP contribution in [0.25, 0.3) is 0 Å². The maximum atomic E-state index is 13.4. The molecule has 0 saturated carbocycles. The molecule has 0 radical (unpaired) electrons. The van der Waals surface area contributed by atoms with Crippen LogP contribution in [0.4, 0.5) is 5.69 Å². The van der Waals surface area contributed by atoms with Gasteiger partial charge in [0.2, 0.25) is 21.8 Å². The number of amides is 2. The summed E-state index contributed by atoms with van der Waals surface area (Å²) in [6, 6.07) is 12.9. The predicted octanol–water partition coefficient (Wildman–Crippen LogP) is 2.02. The number of hydrogen-bond donors (Lipinski definition) is 1. The van der Waals surface area contributed by atoms with E-state index in [0.717, 1.165) is 16.1 Å². The van der Waals surface area contributed by atoms with Crippen LogP contribution in [0.15, 0.2) is 48.5 Å². The van der Waals surface area contributed by atoms with E-state index in [-0.39, 0.29) is 18.1 Å². The van der Waals surface area contributed by atoms with E-state index >= 15 is 0 Å². The van der Waals surface area contributed by atoms with E-state index in [9.17, 15) is 18.0 Å². The van der Waals surface area contributed by atoms with E-state index in [2.05, 4.69) is 5.32 Å². The van der Waals surface area contributed by atoms with Crippen LogP contribution >= 0.6 is 0 Å². The summed E-state index contributed by atoms with van der Waals surface area (Å²) in [5, 5.41) is 2.54. The van der Waals surface area contributed by atoms with Crippen LogP contribution < -0.4 is 19.1 Å². The first-order valence-electron chi connectivity index (χ1n) is 10.5. The normalized spacial score (nSPS) is 11.9. The van der Waals surface area contributed by atoms with Crippen LogP contribution in [0.1, 0.15) is 19.4 Å². The zero-order valence-corrected chi connectivity index (χ0v) is 20.4. The maximum Gasteiger partial charge on any atom is 0.244 e. The van der Waals surface area contributed by atoms with Gasteiger partial charge in [-0.05, 0) is 43.7 Å². The van der Waals surface area contributed by atoms with Gasteiger partial charge in [0.25, 0.3) is 0 Å². The van der Waals surface area contributed by atoms with Gasteiger partial charge >= 0.3 is 0 Å². The highest BCUT2D eigenvalue weighted by Crippen LogP contribution is 2.30. The molecule has 2 aromatic rings. The molecule has 1 atom stereocenters. The van der Waals surface area contributed by atoms with E-state index in [1.165, 1.54) is 19.1 Å². The third kappa shape index (κ3) is 6.85. The number of anilines is 1. The Kier molecular flexibility index (Phi) is 9.10. The van der Waals surface area contributed by atoms with E-state index in [1.807, 2.05) is 0 Å². The SMILES string of the molecule is CCOc1ccccc1N(CC(=O)N(Cc1cccc(OC)c1)C(C)C(=O)NC)S(C)(=O)=O. The Balaban J connectivity index is 2.43. The quantitative estimate of drug-likeness (QED) is 0.531. The van der Waals surface area contributed by atoms with Crippen molar-refractivity contribution in [1.29, 1.82) is 0 Å². The topological polar surface area (TPSA) is 105 Å². The van der Waals surface area contributed by atoms with E-state index < -0.39 is 28.5 Å². The second kappa shape index (κ2) is 11.6. The minimum Gasteiger partial charge on any atom is -0.497 e. The summed E-state index contributed by atoms with van der Waals surface area (Å²) in [7, 11) is -0.820. The molecule has 0 aliphatic carbocycles. The number of sulfonamides is 1. The van der Waals surface area contributed by atoms with Crippen molar-refractivity contribution in [2.75, 3.05) is 37.9 Å². The van der Waals surface area contributed by atoms with Crippen molar-refractivity contribution >= 4 is 27.5 Å². The van der Waals surface area contributed by atoms with Crippen LogP contribution in [0.5, 0.6) is 11.5 Å². The number of carbonyl (C=O) groups excluding carboxylic acids is 2. The average Bonchev–Trinajstić information content (AvgIpc) is 2.80. The molecule has 33 heavy (non-hydrogen) atoms. The van der Waals surface area contributed by atoms with E-state index in [1.54, 1.807) is 62.4 Å². The standard InChI is InChI=1S/C23H31N3O6S/c1-6-32-21-13-8-7-12-20(21)26(33(5,29)30)16-22(27)25(17(2)23(28)24-3)15-18-10-9-11-19(14-18)31-4/h7-14,17H,6,15-16H2,1-5H3,(H,24,28). The van der Waals surface area contributed by atoms with Gasteiger partial charge < -0.3 is 19.7 Å². The summed E-state index contributed by atoms with van der Waals surface area (Å²) >= 11 is 0. The molecule has 9 nitrogen and oxygen atoms in total. The molecular formula is C23H31N3O6S. The largest absolute Gasteiger partial charge is 0.497 e. The number of benzene rings is 2. The summed E-state index contributed by atoms with van der Waals surface area (Å²) in [5.74, 6) is 0.0466. The summed E-state index contributed by atoms with van der Waals surface area (Å²) in [6.07, 6.45) is 1.03. The molecule has 0 spiro atoms. The lowest BCUT2D eigenvalue weighted by atomic mass is 10.1. The molecule has 0 heterocycles. The number of hydrogen-bond acceptors (Lipinski definition) is 6. The lowest BCUT2D eigenvalue weighted by molar-refractivity contribution is -0.139. The van der Waals surface area contributed by atoms with Crippen LogP contribution in [0.3, 0.4) is 0 Å². The molecule has 1 N–H and O–H groups in total. The van der Waals surface area contributed by atoms with Gasteiger partial charge in [0, 0.05) is 13.6 Å². The van der Waals surface area contributed by atoms with Crippen molar-refractivity contribution in [2.24, 2.45) is 0 Å². The van der Waals surface area contributed by atoms with Crippen molar-refractivity contribution in [3.63, 3.8) is 0 Å². The van der Waals surface area contributed by atoms with Gasteiger partial charge in [-0.3, -0.25) is 13.9 Å². The number of carbonyl (C=O) groups is 2. The molecule has 2 amide bonds. The van der Waals surface area contributed by atoms with Gasteiger partial charge in [-0.1, -0.05) is 24.3 Å². The fraction of sp³-hybridized carbons (Fsp3) is 0.391. The van der Waals surface area contributed by atoms with Crippen molar-refractivity contribution in [2.45, 2.75) is 26.4 Å². The van der Waals surface area contributed by atoms with E-state index in [4.69, 9.17) is 9.47 Å². The molecule has 0 aliphatic heterocycles.